The number of rotatable bonds is 7. The molecule has 2 aliphatic carbocycles. The van der Waals surface area contributed by atoms with E-state index in [0.29, 0.717) is 0 Å². The van der Waals surface area contributed by atoms with Gasteiger partial charge in [0.05, 0.1) is 0 Å². The highest BCUT2D eigenvalue weighted by Crippen LogP contribution is 2.29. The summed E-state index contributed by atoms with van der Waals surface area (Å²) in [5.41, 5.74) is 0. The Morgan fingerprint density at radius 3 is 2.47 bits per heavy atom. The van der Waals surface area contributed by atoms with E-state index in [2.05, 4.69) is 17.1 Å². The van der Waals surface area contributed by atoms with Gasteiger partial charge in [-0.25, -0.2) is 0 Å². The summed E-state index contributed by atoms with van der Waals surface area (Å²) in [5.74, 6) is 1.04. The molecule has 2 rings (SSSR count). The van der Waals surface area contributed by atoms with Gasteiger partial charge in [0.15, 0.2) is 0 Å². The predicted octanol–water partition coefficient (Wildman–Crippen LogP) is 2.25. The van der Waals surface area contributed by atoms with E-state index >= 15 is 0 Å². The molecular weight excluding hydrogens is 184 g/mol. The minimum atomic E-state index is 0.838. The molecule has 0 unspecified atom stereocenters. The third kappa shape index (κ3) is 4.12. The molecule has 0 saturated heterocycles. The standard InChI is InChI=1S/C13H26N2/c1-2-15(11-12-7-8-12)10-9-14-13-5-3-4-6-13/h12-14H,2-11H2,1H3. The van der Waals surface area contributed by atoms with E-state index in [0.717, 1.165) is 12.0 Å². The molecule has 2 fully saturated rings. The molecule has 0 atom stereocenters. The van der Waals surface area contributed by atoms with Crippen LogP contribution in [0.5, 0.6) is 0 Å². The monoisotopic (exact) mass is 210 g/mol. The zero-order chi connectivity index (χ0) is 10.5. The van der Waals surface area contributed by atoms with Crippen LogP contribution in [0.4, 0.5) is 0 Å². The molecular formula is C13H26N2. The van der Waals surface area contributed by atoms with Crippen molar-refractivity contribution >= 4 is 0 Å². The lowest BCUT2D eigenvalue weighted by molar-refractivity contribution is 0.271. The van der Waals surface area contributed by atoms with Crippen molar-refractivity contribution in [1.82, 2.24) is 10.2 Å². The van der Waals surface area contributed by atoms with E-state index in [4.69, 9.17) is 0 Å². The van der Waals surface area contributed by atoms with Crippen molar-refractivity contribution in [1.29, 1.82) is 0 Å². The number of hydrogen-bond acceptors (Lipinski definition) is 2. The van der Waals surface area contributed by atoms with Gasteiger partial charge in [0.1, 0.15) is 0 Å². The average Bonchev–Trinajstić information content (AvgIpc) is 2.91. The fraction of sp³-hybridized carbons (Fsp3) is 1.00. The van der Waals surface area contributed by atoms with E-state index < -0.39 is 0 Å². The highest BCUT2D eigenvalue weighted by Gasteiger charge is 2.23. The van der Waals surface area contributed by atoms with Crippen molar-refractivity contribution in [3.63, 3.8) is 0 Å². The van der Waals surface area contributed by atoms with Crippen LogP contribution in [-0.2, 0) is 0 Å². The van der Waals surface area contributed by atoms with E-state index in [1.807, 2.05) is 0 Å². The van der Waals surface area contributed by atoms with Crippen LogP contribution in [0.2, 0.25) is 0 Å². The van der Waals surface area contributed by atoms with Crippen LogP contribution < -0.4 is 5.32 Å². The number of nitrogens with zero attached hydrogens (tertiary/aromatic N) is 1. The Morgan fingerprint density at radius 1 is 1.13 bits per heavy atom. The predicted molar refractivity (Wildman–Crippen MR) is 65.1 cm³/mol. The summed E-state index contributed by atoms with van der Waals surface area (Å²) in [6, 6.07) is 0.838. The van der Waals surface area contributed by atoms with Gasteiger partial charge < -0.3 is 10.2 Å². The molecule has 0 aromatic heterocycles. The summed E-state index contributed by atoms with van der Waals surface area (Å²) >= 11 is 0. The molecule has 2 heteroatoms. The second-order valence-electron chi connectivity index (χ2n) is 5.27. The van der Waals surface area contributed by atoms with Crippen molar-refractivity contribution in [2.75, 3.05) is 26.2 Å². The Morgan fingerprint density at radius 2 is 1.87 bits per heavy atom. The van der Waals surface area contributed by atoms with Crippen LogP contribution in [0.15, 0.2) is 0 Å². The molecule has 0 aromatic rings. The first-order valence-electron chi connectivity index (χ1n) is 6.84. The summed E-state index contributed by atoms with van der Waals surface area (Å²) in [4.78, 5) is 2.61. The van der Waals surface area contributed by atoms with Gasteiger partial charge in [-0.1, -0.05) is 19.8 Å². The van der Waals surface area contributed by atoms with Crippen LogP contribution in [-0.4, -0.2) is 37.1 Å². The highest BCUT2D eigenvalue weighted by molar-refractivity contribution is 4.78. The summed E-state index contributed by atoms with van der Waals surface area (Å²) in [7, 11) is 0. The fourth-order valence-electron chi connectivity index (χ4n) is 2.60. The highest BCUT2D eigenvalue weighted by atomic mass is 15.1. The van der Waals surface area contributed by atoms with Crippen LogP contribution in [0, 0.1) is 5.92 Å². The van der Waals surface area contributed by atoms with Crippen molar-refractivity contribution in [3.8, 4) is 0 Å². The summed E-state index contributed by atoms with van der Waals surface area (Å²) in [6.07, 6.45) is 8.66. The van der Waals surface area contributed by atoms with Crippen LogP contribution in [0.1, 0.15) is 45.4 Å². The molecule has 0 aliphatic heterocycles. The molecule has 2 aliphatic rings. The van der Waals surface area contributed by atoms with Crippen LogP contribution in [0.3, 0.4) is 0 Å². The molecule has 15 heavy (non-hydrogen) atoms. The first-order valence-corrected chi connectivity index (χ1v) is 6.84. The molecule has 0 bridgehead atoms. The molecule has 0 spiro atoms. The van der Waals surface area contributed by atoms with Crippen molar-refractivity contribution in [3.05, 3.63) is 0 Å². The quantitative estimate of drug-likeness (QED) is 0.693. The van der Waals surface area contributed by atoms with Crippen LogP contribution in [0.25, 0.3) is 0 Å². The third-order valence-corrected chi connectivity index (χ3v) is 3.88. The van der Waals surface area contributed by atoms with Gasteiger partial charge in [0, 0.05) is 25.7 Å². The van der Waals surface area contributed by atoms with Crippen molar-refractivity contribution in [2.45, 2.75) is 51.5 Å². The van der Waals surface area contributed by atoms with Gasteiger partial charge in [-0.3, -0.25) is 0 Å². The third-order valence-electron chi connectivity index (χ3n) is 3.88. The zero-order valence-corrected chi connectivity index (χ0v) is 10.2. The summed E-state index contributed by atoms with van der Waals surface area (Å²) < 4.78 is 0. The maximum absolute atomic E-state index is 3.70. The molecule has 0 radical (unpaired) electrons. The van der Waals surface area contributed by atoms with Crippen molar-refractivity contribution < 1.29 is 0 Å². The lowest BCUT2D eigenvalue weighted by Gasteiger charge is -2.21. The number of nitrogens with one attached hydrogen (secondary N) is 1. The minimum Gasteiger partial charge on any atom is -0.313 e. The molecule has 0 heterocycles. The Hall–Kier alpha value is -0.0800. The molecule has 0 amide bonds. The smallest absolute Gasteiger partial charge is 0.0107 e. The fourth-order valence-corrected chi connectivity index (χ4v) is 2.60. The molecule has 2 nitrogen and oxygen atoms in total. The second-order valence-corrected chi connectivity index (χ2v) is 5.27. The average molecular weight is 210 g/mol. The van der Waals surface area contributed by atoms with E-state index in [9.17, 15) is 0 Å². The first kappa shape index (κ1) is 11.4. The molecule has 1 N–H and O–H groups in total. The van der Waals surface area contributed by atoms with Gasteiger partial charge in [-0.15, -0.1) is 0 Å². The molecule has 2 saturated carbocycles. The SMILES string of the molecule is CCN(CCNC1CCCC1)CC1CC1. The maximum atomic E-state index is 3.70. The second kappa shape index (κ2) is 5.86. The number of likely N-dealkylation sites (N-methyl/N-ethyl adjacent to an activating group) is 1. The van der Waals surface area contributed by atoms with Gasteiger partial charge in [-0.05, 0) is 38.1 Å². The lowest BCUT2D eigenvalue weighted by atomic mass is 10.2. The van der Waals surface area contributed by atoms with Gasteiger partial charge in [0.2, 0.25) is 0 Å². The minimum absolute atomic E-state index is 0.838. The Labute approximate surface area is 94.4 Å². The maximum Gasteiger partial charge on any atom is 0.0107 e. The summed E-state index contributed by atoms with van der Waals surface area (Å²) in [5, 5.41) is 3.70. The summed E-state index contributed by atoms with van der Waals surface area (Å²) in [6.45, 7) is 7.32. The molecule has 88 valence electrons. The van der Waals surface area contributed by atoms with E-state index in [-0.39, 0.29) is 0 Å². The van der Waals surface area contributed by atoms with Gasteiger partial charge in [0.25, 0.3) is 0 Å². The van der Waals surface area contributed by atoms with E-state index in [1.165, 1.54) is 64.7 Å². The van der Waals surface area contributed by atoms with Crippen molar-refractivity contribution in [2.24, 2.45) is 5.92 Å². The van der Waals surface area contributed by atoms with E-state index in [1.54, 1.807) is 0 Å². The van der Waals surface area contributed by atoms with Gasteiger partial charge in [-0.2, -0.15) is 0 Å². The molecule has 0 aromatic carbocycles. The lowest BCUT2D eigenvalue weighted by Crippen LogP contribution is -2.36. The van der Waals surface area contributed by atoms with Gasteiger partial charge >= 0.3 is 0 Å². The Bertz CT molecular complexity index is 171. The topological polar surface area (TPSA) is 15.3 Å². The normalized spacial score (nSPS) is 22.8. The zero-order valence-electron chi connectivity index (χ0n) is 10.2. The number of hydrogen-bond donors (Lipinski definition) is 1. The Kier molecular flexibility index (Phi) is 4.45. The Balaban J connectivity index is 1.53. The first-order chi connectivity index (χ1) is 7.38. The largest absolute Gasteiger partial charge is 0.313 e. The van der Waals surface area contributed by atoms with Crippen LogP contribution >= 0.6 is 0 Å².